The predicted octanol–water partition coefficient (Wildman–Crippen LogP) is 3.96. The van der Waals surface area contributed by atoms with Crippen LogP contribution in [-0.2, 0) is 6.42 Å². The molecule has 1 aromatic carbocycles. The fraction of sp³-hybridized carbons (Fsp3) is 0.222. The van der Waals surface area contributed by atoms with Crippen LogP contribution in [-0.4, -0.2) is 18.5 Å². The van der Waals surface area contributed by atoms with E-state index in [1.807, 2.05) is 18.4 Å². The van der Waals surface area contributed by atoms with Crippen LogP contribution >= 0.6 is 0 Å². The van der Waals surface area contributed by atoms with Gasteiger partial charge < -0.3 is 4.42 Å². The van der Waals surface area contributed by atoms with Crippen LogP contribution in [0.25, 0.3) is 11.3 Å². The van der Waals surface area contributed by atoms with Gasteiger partial charge in [0.1, 0.15) is 5.76 Å². The number of likely N-dealkylation sites (N-methyl/N-ethyl adjacent to an activating group) is 1. The normalized spacial score (nSPS) is 19.1. The molecule has 0 radical (unpaired) electrons. The first-order valence-corrected chi connectivity index (χ1v) is 7.08. The summed E-state index contributed by atoms with van der Waals surface area (Å²) in [5.74, 6) is 0.959. The summed E-state index contributed by atoms with van der Waals surface area (Å²) in [6, 6.07) is 17.4. The Hall–Kier alpha value is -2.06. The van der Waals surface area contributed by atoms with Crippen molar-refractivity contribution in [3.05, 3.63) is 71.5 Å². The average Bonchev–Trinajstić information content (AvgIpc) is 2.94. The van der Waals surface area contributed by atoms with Gasteiger partial charge in [-0.25, -0.2) is 0 Å². The van der Waals surface area contributed by atoms with Gasteiger partial charge in [0, 0.05) is 17.7 Å². The number of fused-ring (bicyclic) bond motifs is 2. The van der Waals surface area contributed by atoms with Crippen molar-refractivity contribution in [2.24, 2.45) is 0 Å². The molecule has 0 saturated heterocycles. The molecular weight excluding hydrogens is 246 g/mol. The third kappa shape index (κ3) is 1.76. The average molecular weight is 263 g/mol. The Morgan fingerprint density at radius 1 is 1.10 bits per heavy atom. The molecule has 4 rings (SSSR count). The zero-order chi connectivity index (χ0) is 13.5. The Morgan fingerprint density at radius 2 is 2.00 bits per heavy atom. The summed E-state index contributed by atoms with van der Waals surface area (Å²) in [5.41, 5.74) is 5.28. The SMILES string of the molecule is CN1CCc2ccccc2C1c1coc2cccc-2c1. The van der Waals surface area contributed by atoms with E-state index in [0.717, 1.165) is 18.7 Å². The third-order valence-electron chi connectivity index (χ3n) is 4.29. The maximum atomic E-state index is 5.77. The Balaban J connectivity index is 1.86. The smallest absolute Gasteiger partial charge is 0.133 e. The molecule has 3 aliphatic rings. The molecule has 1 aliphatic carbocycles. The lowest BCUT2D eigenvalue weighted by atomic mass is 9.89. The van der Waals surface area contributed by atoms with E-state index in [4.69, 9.17) is 4.42 Å². The fourth-order valence-electron chi connectivity index (χ4n) is 3.26. The van der Waals surface area contributed by atoms with Crippen LogP contribution in [0.5, 0.6) is 0 Å². The number of rotatable bonds is 1. The first kappa shape index (κ1) is 11.7. The van der Waals surface area contributed by atoms with Crippen LogP contribution in [0.1, 0.15) is 22.7 Å². The van der Waals surface area contributed by atoms with Crippen molar-refractivity contribution in [2.75, 3.05) is 13.6 Å². The van der Waals surface area contributed by atoms with E-state index in [9.17, 15) is 0 Å². The lowest BCUT2D eigenvalue weighted by molar-refractivity contribution is 0.261. The zero-order valence-corrected chi connectivity index (χ0v) is 11.5. The Bertz CT molecular complexity index is 715. The molecule has 0 N–H and O–H groups in total. The topological polar surface area (TPSA) is 16.4 Å². The van der Waals surface area contributed by atoms with Crippen LogP contribution in [0.2, 0.25) is 0 Å². The summed E-state index contributed by atoms with van der Waals surface area (Å²) in [4.78, 5) is 2.40. The van der Waals surface area contributed by atoms with Crippen LogP contribution < -0.4 is 0 Å². The van der Waals surface area contributed by atoms with Crippen LogP contribution in [0.4, 0.5) is 0 Å². The Morgan fingerprint density at radius 3 is 2.95 bits per heavy atom. The lowest BCUT2D eigenvalue weighted by Crippen LogP contribution is -2.32. The van der Waals surface area contributed by atoms with Crippen molar-refractivity contribution in [2.45, 2.75) is 12.5 Å². The molecule has 0 amide bonds. The van der Waals surface area contributed by atoms with Gasteiger partial charge in [0.05, 0.1) is 12.3 Å². The van der Waals surface area contributed by atoms with Crippen molar-refractivity contribution in [3.8, 4) is 11.3 Å². The van der Waals surface area contributed by atoms with Crippen LogP contribution in [0.3, 0.4) is 0 Å². The van der Waals surface area contributed by atoms with Gasteiger partial charge in [-0.1, -0.05) is 36.4 Å². The monoisotopic (exact) mass is 263 g/mol. The molecule has 2 aliphatic heterocycles. The maximum Gasteiger partial charge on any atom is 0.133 e. The van der Waals surface area contributed by atoms with Gasteiger partial charge in [0.15, 0.2) is 0 Å². The minimum Gasteiger partial charge on any atom is -0.464 e. The predicted molar refractivity (Wildman–Crippen MR) is 79.9 cm³/mol. The largest absolute Gasteiger partial charge is 0.464 e. The molecule has 0 saturated carbocycles. The van der Waals surface area contributed by atoms with E-state index in [2.05, 4.69) is 48.3 Å². The van der Waals surface area contributed by atoms with Gasteiger partial charge in [-0.15, -0.1) is 0 Å². The highest BCUT2D eigenvalue weighted by molar-refractivity contribution is 5.61. The Labute approximate surface area is 119 Å². The molecule has 0 fully saturated rings. The van der Waals surface area contributed by atoms with Crippen molar-refractivity contribution in [1.29, 1.82) is 0 Å². The number of benzene rings is 1. The van der Waals surface area contributed by atoms with Gasteiger partial charge in [-0.05, 0) is 36.7 Å². The van der Waals surface area contributed by atoms with Gasteiger partial charge in [0.2, 0.25) is 0 Å². The second kappa shape index (κ2) is 4.50. The number of nitrogens with zero attached hydrogens (tertiary/aromatic N) is 1. The molecule has 1 unspecified atom stereocenters. The highest BCUT2D eigenvalue weighted by Gasteiger charge is 2.26. The van der Waals surface area contributed by atoms with E-state index in [-0.39, 0.29) is 0 Å². The molecule has 0 bridgehead atoms. The van der Waals surface area contributed by atoms with Gasteiger partial charge in [-0.3, -0.25) is 4.90 Å². The molecular formula is C18H17NO. The zero-order valence-electron chi connectivity index (χ0n) is 11.5. The summed E-state index contributed by atoms with van der Waals surface area (Å²) < 4.78 is 5.77. The van der Waals surface area contributed by atoms with Crippen molar-refractivity contribution in [3.63, 3.8) is 0 Å². The maximum absolute atomic E-state index is 5.77. The Kier molecular flexibility index (Phi) is 2.64. The van der Waals surface area contributed by atoms with Crippen molar-refractivity contribution < 1.29 is 4.42 Å². The van der Waals surface area contributed by atoms with Gasteiger partial charge in [-0.2, -0.15) is 0 Å². The first-order chi connectivity index (χ1) is 9.83. The standard InChI is InChI=1S/C18H17NO/c1-19-10-9-13-5-2-3-7-16(13)18(19)15-11-14-6-4-8-17(14)20-12-15/h2-8,11-12,18H,9-10H2,1H3. The summed E-state index contributed by atoms with van der Waals surface area (Å²) in [7, 11) is 2.19. The highest BCUT2D eigenvalue weighted by atomic mass is 16.3. The second-order valence-electron chi connectivity index (χ2n) is 5.56. The van der Waals surface area contributed by atoms with Gasteiger partial charge >= 0.3 is 0 Å². The van der Waals surface area contributed by atoms with Crippen molar-refractivity contribution in [1.82, 2.24) is 4.90 Å². The van der Waals surface area contributed by atoms with E-state index in [0.29, 0.717) is 6.04 Å². The highest BCUT2D eigenvalue weighted by Crippen LogP contribution is 2.36. The van der Waals surface area contributed by atoms with Gasteiger partial charge in [0.25, 0.3) is 0 Å². The molecule has 2 heteroatoms. The number of hydrogen-bond acceptors (Lipinski definition) is 2. The van der Waals surface area contributed by atoms with E-state index >= 15 is 0 Å². The molecule has 0 aromatic heterocycles. The molecule has 1 aromatic rings. The molecule has 2 heterocycles. The minimum absolute atomic E-state index is 0.294. The molecule has 1 atom stereocenters. The number of hydrogen-bond donors (Lipinski definition) is 0. The second-order valence-corrected chi connectivity index (χ2v) is 5.56. The molecule has 20 heavy (non-hydrogen) atoms. The van der Waals surface area contributed by atoms with E-state index < -0.39 is 0 Å². The summed E-state index contributed by atoms with van der Waals surface area (Å²) in [6.07, 6.45) is 3.03. The molecule has 100 valence electrons. The summed E-state index contributed by atoms with van der Waals surface area (Å²) in [6.45, 7) is 1.08. The summed E-state index contributed by atoms with van der Waals surface area (Å²) >= 11 is 0. The van der Waals surface area contributed by atoms with E-state index in [1.54, 1.807) is 0 Å². The summed E-state index contributed by atoms with van der Waals surface area (Å²) in [5, 5.41) is 0. The quantitative estimate of drug-likeness (QED) is 0.660. The van der Waals surface area contributed by atoms with E-state index in [1.165, 1.54) is 22.3 Å². The first-order valence-electron chi connectivity index (χ1n) is 7.08. The lowest BCUT2D eigenvalue weighted by Gasteiger charge is -2.34. The van der Waals surface area contributed by atoms with Crippen molar-refractivity contribution >= 4 is 0 Å². The van der Waals surface area contributed by atoms with Crippen LogP contribution in [0, 0.1) is 0 Å². The third-order valence-corrected chi connectivity index (χ3v) is 4.29. The minimum atomic E-state index is 0.294. The molecule has 0 spiro atoms. The fourth-order valence-corrected chi connectivity index (χ4v) is 3.26. The van der Waals surface area contributed by atoms with Crippen LogP contribution in [0.15, 0.2) is 59.2 Å². The molecule has 2 nitrogen and oxygen atoms in total.